The minimum absolute atomic E-state index is 0.128. The number of ether oxygens (including phenoxy) is 1. The molecule has 0 bridgehead atoms. The SMILES string of the molecule is O=C(CCc1ccccc1)OCC(=O)c1ccc2c(c1)CCCC2. The van der Waals surface area contributed by atoms with Crippen molar-refractivity contribution in [3.63, 3.8) is 0 Å². The summed E-state index contributed by atoms with van der Waals surface area (Å²) in [7, 11) is 0. The molecular weight excluding hydrogens is 300 g/mol. The van der Waals surface area contributed by atoms with Gasteiger partial charge < -0.3 is 4.74 Å². The molecule has 0 radical (unpaired) electrons. The van der Waals surface area contributed by atoms with Gasteiger partial charge in [0.05, 0.1) is 0 Å². The van der Waals surface area contributed by atoms with E-state index in [-0.39, 0.29) is 18.4 Å². The van der Waals surface area contributed by atoms with Crippen molar-refractivity contribution < 1.29 is 14.3 Å². The number of rotatable bonds is 6. The number of esters is 1. The summed E-state index contributed by atoms with van der Waals surface area (Å²) in [6, 6.07) is 15.6. The minimum atomic E-state index is -0.329. The molecule has 2 aromatic carbocycles. The summed E-state index contributed by atoms with van der Waals surface area (Å²) >= 11 is 0. The van der Waals surface area contributed by atoms with Gasteiger partial charge in [-0.2, -0.15) is 0 Å². The third-order valence-corrected chi connectivity index (χ3v) is 4.50. The molecule has 0 saturated carbocycles. The quantitative estimate of drug-likeness (QED) is 0.598. The second-order valence-electron chi connectivity index (χ2n) is 6.26. The Morgan fingerprint density at radius 2 is 1.67 bits per heavy atom. The van der Waals surface area contributed by atoms with E-state index >= 15 is 0 Å². The zero-order valence-electron chi connectivity index (χ0n) is 13.8. The van der Waals surface area contributed by atoms with Crippen molar-refractivity contribution in [3.05, 3.63) is 70.8 Å². The van der Waals surface area contributed by atoms with Gasteiger partial charge in [0.15, 0.2) is 12.4 Å². The van der Waals surface area contributed by atoms with Gasteiger partial charge in [0.25, 0.3) is 0 Å². The molecule has 3 heteroatoms. The highest BCUT2D eigenvalue weighted by atomic mass is 16.5. The Morgan fingerprint density at radius 1 is 0.917 bits per heavy atom. The lowest BCUT2D eigenvalue weighted by molar-refractivity contribution is -0.142. The predicted octanol–water partition coefficient (Wildman–Crippen LogP) is 3.92. The maximum atomic E-state index is 12.2. The molecule has 3 rings (SSSR count). The monoisotopic (exact) mass is 322 g/mol. The van der Waals surface area contributed by atoms with Crippen LogP contribution in [0.1, 0.15) is 46.3 Å². The number of hydrogen-bond acceptors (Lipinski definition) is 3. The van der Waals surface area contributed by atoms with Crippen LogP contribution in [-0.4, -0.2) is 18.4 Å². The number of Topliss-reactive ketones (excluding diaryl/α,β-unsaturated/α-hetero) is 1. The first-order valence-corrected chi connectivity index (χ1v) is 8.57. The van der Waals surface area contributed by atoms with Crippen molar-refractivity contribution in [2.45, 2.75) is 38.5 Å². The Morgan fingerprint density at radius 3 is 2.46 bits per heavy atom. The molecular formula is C21H22O3. The van der Waals surface area contributed by atoms with E-state index in [1.165, 1.54) is 24.0 Å². The van der Waals surface area contributed by atoms with Crippen molar-refractivity contribution >= 4 is 11.8 Å². The Bertz CT molecular complexity index is 719. The predicted molar refractivity (Wildman–Crippen MR) is 93.1 cm³/mol. The lowest BCUT2D eigenvalue weighted by Crippen LogP contribution is -2.15. The van der Waals surface area contributed by atoms with E-state index in [1.54, 1.807) is 0 Å². The average molecular weight is 322 g/mol. The standard InChI is InChI=1S/C21H22O3/c22-20(19-12-11-17-8-4-5-9-18(17)14-19)15-24-21(23)13-10-16-6-2-1-3-7-16/h1-3,6-7,11-12,14H,4-5,8-10,13,15H2. The number of benzene rings is 2. The van der Waals surface area contributed by atoms with Crippen LogP contribution in [0.3, 0.4) is 0 Å². The molecule has 0 aliphatic heterocycles. The summed E-state index contributed by atoms with van der Waals surface area (Å²) < 4.78 is 5.14. The van der Waals surface area contributed by atoms with Crippen molar-refractivity contribution in [2.24, 2.45) is 0 Å². The topological polar surface area (TPSA) is 43.4 Å². The minimum Gasteiger partial charge on any atom is -0.457 e. The number of carbonyl (C=O) groups excluding carboxylic acids is 2. The summed E-state index contributed by atoms with van der Waals surface area (Å²) in [5, 5.41) is 0. The molecule has 0 saturated heterocycles. The van der Waals surface area contributed by atoms with E-state index < -0.39 is 0 Å². The van der Waals surface area contributed by atoms with Gasteiger partial charge in [0.1, 0.15) is 0 Å². The molecule has 1 aliphatic rings. The van der Waals surface area contributed by atoms with Crippen molar-refractivity contribution in [1.29, 1.82) is 0 Å². The molecule has 24 heavy (non-hydrogen) atoms. The normalized spacial score (nSPS) is 13.2. The van der Waals surface area contributed by atoms with E-state index in [2.05, 4.69) is 0 Å². The molecule has 0 N–H and O–H groups in total. The second-order valence-corrected chi connectivity index (χ2v) is 6.26. The lowest BCUT2D eigenvalue weighted by atomic mass is 9.90. The van der Waals surface area contributed by atoms with E-state index in [0.29, 0.717) is 18.4 Å². The Kier molecular flexibility index (Phi) is 5.42. The summed E-state index contributed by atoms with van der Waals surface area (Å²) in [4.78, 5) is 24.0. The fourth-order valence-corrected chi connectivity index (χ4v) is 3.10. The van der Waals surface area contributed by atoms with Crippen LogP contribution in [0, 0.1) is 0 Å². The first kappa shape index (κ1) is 16.4. The summed E-state index contributed by atoms with van der Waals surface area (Å²) in [6.45, 7) is -0.174. The van der Waals surface area contributed by atoms with E-state index in [4.69, 9.17) is 4.74 Å². The van der Waals surface area contributed by atoms with Crippen LogP contribution < -0.4 is 0 Å². The molecule has 1 aliphatic carbocycles. The van der Waals surface area contributed by atoms with Gasteiger partial charge in [-0.1, -0.05) is 42.5 Å². The fraction of sp³-hybridized carbons (Fsp3) is 0.333. The van der Waals surface area contributed by atoms with Crippen LogP contribution in [0.4, 0.5) is 0 Å². The van der Waals surface area contributed by atoms with Crippen molar-refractivity contribution in [2.75, 3.05) is 6.61 Å². The third-order valence-electron chi connectivity index (χ3n) is 4.50. The maximum absolute atomic E-state index is 12.2. The highest BCUT2D eigenvalue weighted by Crippen LogP contribution is 2.22. The van der Waals surface area contributed by atoms with Gasteiger partial charge in [0.2, 0.25) is 0 Å². The van der Waals surface area contributed by atoms with Crippen LogP contribution in [0.2, 0.25) is 0 Å². The van der Waals surface area contributed by atoms with E-state index in [1.807, 2.05) is 48.5 Å². The smallest absolute Gasteiger partial charge is 0.306 e. The fourth-order valence-electron chi connectivity index (χ4n) is 3.10. The highest BCUT2D eigenvalue weighted by Gasteiger charge is 2.14. The summed E-state index contributed by atoms with van der Waals surface area (Å²) in [5.74, 6) is -0.457. The molecule has 0 heterocycles. The highest BCUT2D eigenvalue weighted by molar-refractivity contribution is 5.98. The first-order valence-electron chi connectivity index (χ1n) is 8.57. The zero-order valence-corrected chi connectivity index (χ0v) is 13.8. The Hall–Kier alpha value is -2.42. The molecule has 0 atom stereocenters. The summed E-state index contributed by atoms with van der Waals surface area (Å²) in [6.07, 6.45) is 5.46. The largest absolute Gasteiger partial charge is 0.457 e. The van der Waals surface area contributed by atoms with Crippen LogP contribution in [0.25, 0.3) is 0 Å². The number of fused-ring (bicyclic) bond motifs is 1. The molecule has 0 unspecified atom stereocenters. The Balaban J connectivity index is 1.49. The third kappa shape index (κ3) is 4.31. The molecule has 3 nitrogen and oxygen atoms in total. The molecule has 0 spiro atoms. The molecule has 0 fully saturated rings. The van der Waals surface area contributed by atoms with Gasteiger partial charge in [-0.05, 0) is 54.9 Å². The van der Waals surface area contributed by atoms with Gasteiger partial charge >= 0.3 is 5.97 Å². The van der Waals surface area contributed by atoms with Crippen molar-refractivity contribution in [3.8, 4) is 0 Å². The number of hydrogen-bond donors (Lipinski definition) is 0. The summed E-state index contributed by atoms with van der Waals surface area (Å²) in [5.41, 5.74) is 4.35. The average Bonchev–Trinajstić information content (AvgIpc) is 2.65. The first-order chi connectivity index (χ1) is 11.7. The second kappa shape index (κ2) is 7.91. The number of carbonyl (C=O) groups is 2. The Labute approximate surface area is 142 Å². The maximum Gasteiger partial charge on any atom is 0.306 e. The van der Waals surface area contributed by atoms with Gasteiger partial charge in [-0.25, -0.2) is 0 Å². The molecule has 0 aromatic heterocycles. The van der Waals surface area contributed by atoms with Gasteiger partial charge in [-0.3, -0.25) is 9.59 Å². The van der Waals surface area contributed by atoms with Crippen molar-refractivity contribution in [1.82, 2.24) is 0 Å². The molecule has 0 amide bonds. The zero-order chi connectivity index (χ0) is 16.8. The lowest BCUT2D eigenvalue weighted by Gasteiger charge is -2.16. The van der Waals surface area contributed by atoms with Crippen LogP contribution in [-0.2, 0) is 28.8 Å². The van der Waals surface area contributed by atoms with Crippen LogP contribution in [0.15, 0.2) is 48.5 Å². The number of aryl methyl sites for hydroxylation is 3. The molecule has 124 valence electrons. The van der Waals surface area contributed by atoms with E-state index in [9.17, 15) is 9.59 Å². The van der Waals surface area contributed by atoms with E-state index in [0.717, 1.165) is 18.4 Å². The molecule has 2 aromatic rings. The van der Waals surface area contributed by atoms with Gasteiger partial charge in [0, 0.05) is 12.0 Å². The van der Waals surface area contributed by atoms with Crippen LogP contribution in [0.5, 0.6) is 0 Å². The number of ketones is 1. The van der Waals surface area contributed by atoms with Gasteiger partial charge in [-0.15, -0.1) is 0 Å². The van der Waals surface area contributed by atoms with Crippen LogP contribution >= 0.6 is 0 Å².